The van der Waals surface area contributed by atoms with Crippen LogP contribution in [0.15, 0.2) is 76.3 Å². The summed E-state index contributed by atoms with van der Waals surface area (Å²) >= 11 is 1.51. The molecule has 0 saturated carbocycles. The van der Waals surface area contributed by atoms with Gasteiger partial charge in [-0.1, -0.05) is 59.8 Å². The number of aryl methyl sites for hydroxylation is 1. The van der Waals surface area contributed by atoms with Crippen molar-refractivity contribution in [2.75, 3.05) is 0 Å². The third-order valence-electron chi connectivity index (χ3n) is 4.74. The normalized spacial score (nSPS) is 11.2. The Morgan fingerprint density at radius 2 is 1.86 bits per heavy atom. The molecule has 0 unspecified atom stereocenters. The SMILES string of the molecule is Cc1ccccc1-c1noc(Cn2cnc3sc(-c4ccccc4)cc3c2=O)n1. The first-order valence-electron chi connectivity index (χ1n) is 9.12. The maximum Gasteiger partial charge on any atom is 0.262 e. The van der Waals surface area contributed by atoms with Crippen LogP contribution in [-0.4, -0.2) is 19.7 Å². The molecule has 0 spiro atoms. The molecule has 142 valence electrons. The van der Waals surface area contributed by atoms with Crippen LogP contribution in [0, 0.1) is 6.92 Å². The summed E-state index contributed by atoms with van der Waals surface area (Å²) in [6.45, 7) is 2.17. The van der Waals surface area contributed by atoms with E-state index in [1.54, 1.807) is 0 Å². The average Bonchev–Trinajstić information content (AvgIpc) is 3.39. The fourth-order valence-corrected chi connectivity index (χ4v) is 4.21. The molecule has 3 heterocycles. The molecule has 0 saturated heterocycles. The van der Waals surface area contributed by atoms with E-state index in [-0.39, 0.29) is 12.1 Å². The van der Waals surface area contributed by atoms with Crippen molar-refractivity contribution in [2.24, 2.45) is 0 Å². The highest BCUT2D eigenvalue weighted by atomic mass is 32.1. The number of benzene rings is 2. The number of hydrogen-bond donors (Lipinski definition) is 0. The van der Waals surface area contributed by atoms with Crippen LogP contribution in [0.25, 0.3) is 32.0 Å². The van der Waals surface area contributed by atoms with Gasteiger partial charge in [0.1, 0.15) is 11.4 Å². The van der Waals surface area contributed by atoms with Gasteiger partial charge in [0.2, 0.25) is 11.7 Å². The molecule has 7 heteroatoms. The molecule has 0 aliphatic heterocycles. The Morgan fingerprint density at radius 1 is 1.07 bits per heavy atom. The first-order chi connectivity index (χ1) is 14.2. The van der Waals surface area contributed by atoms with Crippen molar-refractivity contribution in [3.05, 3.63) is 88.8 Å². The van der Waals surface area contributed by atoms with Crippen molar-refractivity contribution >= 4 is 21.6 Å². The van der Waals surface area contributed by atoms with Gasteiger partial charge in [-0.3, -0.25) is 9.36 Å². The van der Waals surface area contributed by atoms with Crippen LogP contribution in [0.4, 0.5) is 0 Å². The van der Waals surface area contributed by atoms with E-state index >= 15 is 0 Å². The van der Waals surface area contributed by atoms with E-state index in [0.717, 1.165) is 26.4 Å². The predicted molar refractivity (Wildman–Crippen MR) is 113 cm³/mol. The molecule has 0 fully saturated rings. The molecule has 0 radical (unpaired) electrons. The lowest BCUT2D eigenvalue weighted by Crippen LogP contribution is -2.20. The number of hydrogen-bond acceptors (Lipinski definition) is 6. The van der Waals surface area contributed by atoms with Gasteiger partial charge in [-0.05, 0) is 24.1 Å². The molecular formula is C22H16N4O2S. The molecule has 0 amide bonds. The minimum Gasteiger partial charge on any atom is -0.337 e. The maximum atomic E-state index is 12.9. The van der Waals surface area contributed by atoms with Gasteiger partial charge in [-0.2, -0.15) is 4.98 Å². The number of nitrogens with zero attached hydrogens (tertiary/aromatic N) is 4. The van der Waals surface area contributed by atoms with Crippen LogP contribution in [0.2, 0.25) is 0 Å². The Morgan fingerprint density at radius 3 is 2.69 bits per heavy atom. The van der Waals surface area contributed by atoms with E-state index in [0.29, 0.717) is 17.1 Å². The van der Waals surface area contributed by atoms with Crippen molar-refractivity contribution in [3.63, 3.8) is 0 Å². The summed E-state index contributed by atoms with van der Waals surface area (Å²) in [5.74, 6) is 0.882. The molecule has 0 bridgehead atoms. The van der Waals surface area contributed by atoms with Gasteiger partial charge in [0.05, 0.1) is 11.7 Å². The van der Waals surface area contributed by atoms with Crippen LogP contribution in [0.1, 0.15) is 11.5 Å². The Hall–Kier alpha value is -3.58. The van der Waals surface area contributed by atoms with E-state index in [4.69, 9.17) is 4.52 Å². The Labute approximate surface area is 170 Å². The summed E-state index contributed by atoms with van der Waals surface area (Å²) in [6.07, 6.45) is 1.54. The number of thiophene rings is 1. The lowest BCUT2D eigenvalue weighted by atomic mass is 10.1. The molecule has 0 atom stereocenters. The number of fused-ring (bicyclic) bond motifs is 1. The molecule has 0 aliphatic carbocycles. The van der Waals surface area contributed by atoms with Gasteiger partial charge >= 0.3 is 0 Å². The number of aromatic nitrogens is 4. The minimum atomic E-state index is -0.121. The smallest absolute Gasteiger partial charge is 0.262 e. The first-order valence-corrected chi connectivity index (χ1v) is 9.94. The van der Waals surface area contributed by atoms with Crippen LogP contribution in [0.3, 0.4) is 0 Å². The molecule has 6 nitrogen and oxygen atoms in total. The summed E-state index contributed by atoms with van der Waals surface area (Å²) < 4.78 is 6.87. The summed E-state index contributed by atoms with van der Waals surface area (Å²) in [5.41, 5.74) is 2.92. The standard InChI is InChI=1S/C22H16N4O2S/c1-14-7-5-6-10-16(14)20-24-19(28-25-20)12-26-13-23-21-17(22(26)27)11-18(29-21)15-8-3-2-4-9-15/h2-11,13H,12H2,1H3. The summed E-state index contributed by atoms with van der Waals surface area (Å²) in [5, 5.41) is 4.65. The van der Waals surface area contributed by atoms with Crippen molar-refractivity contribution in [1.82, 2.24) is 19.7 Å². The molecule has 5 aromatic rings. The average molecular weight is 400 g/mol. The van der Waals surface area contributed by atoms with E-state index in [1.807, 2.05) is 67.6 Å². The molecule has 5 rings (SSSR count). The van der Waals surface area contributed by atoms with Gasteiger partial charge in [0.25, 0.3) is 5.56 Å². The zero-order chi connectivity index (χ0) is 19.8. The van der Waals surface area contributed by atoms with E-state index in [1.165, 1.54) is 22.2 Å². The van der Waals surface area contributed by atoms with Crippen molar-refractivity contribution in [3.8, 4) is 21.8 Å². The maximum absolute atomic E-state index is 12.9. The van der Waals surface area contributed by atoms with E-state index < -0.39 is 0 Å². The second-order valence-corrected chi connectivity index (χ2v) is 7.73. The highest BCUT2D eigenvalue weighted by molar-refractivity contribution is 7.21. The molecule has 0 N–H and O–H groups in total. The van der Waals surface area contributed by atoms with E-state index in [9.17, 15) is 4.79 Å². The second kappa shape index (κ2) is 7.10. The third-order valence-corrected chi connectivity index (χ3v) is 5.83. The summed E-state index contributed by atoms with van der Waals surface area (Å²) in [7, 11) is 0. The van der Waals surface area contributed by atoms with Gasteiger partial charge in [0.15, 0.2) is 0 Å². The second-order valence-electron chi connectivity index (χ2n) is 6.70. The molecular weight excluding hydrogens is 384 g/mol. The Balaban J connectivity index is 1.48. The molecule has 2 aromatic carbocycles. The predicted octanol–water partition coefficient (Wildman–Crippen LogP) is 4.53. The van der Waals surface area contributed by atoms with Crippen molar-refractivity contribution in [1.29, 1.82) is 0 Å². The Bertz CT molecular complexity index is 1370. The largest absolute Gasteiger partial charge is 0.337 e. The molecule has 0 aliphatic rings. The minimum absolute atomic E-state index is 0.121. The quantitative estimate of drug-likeness (QED) is 0.443. The van der Waals surface area contributed by atoms with Crippen molar-refractivity contribution < 1.29 is 4.52 Å². The zero-order valence-electron chi connectivity index (χ0n) is 15.6. The highest BCUT2D eigenvalue weighted by Gasteiger charge is 2.14. The van der Waals surface area contributed by atoms with E-state index in [2.05, 4.69) is 15.1 Å². The monoisotopic (exact) mass is 400 g/mol. The fourth-order valence-electron chi connectivity index (χ4n) is 3.22. The van der Waals surface area contributed by atoms with Crippen LogP contribution in [-0.2, 0) is 6.54 Å². The van der Waals surface area contributed by atoms with Crippen LogP contribution < -0.4 is 5.56 Å². The van der Waals surface area contributed by atoms with Gasteiger partial charge in [-0.15, -0.1) is 11.3 Å². The van der Waals surface area contributed by atoms with Gasteiger partial charge in [0, 0.05) is 10.4 Å². The topological polar surface area (TPSA) is 73.8 Å². The number of rotatable bonds is 4. The Kier molecular flexibility index (Phi) is 4.29. The zero-order valence-corrected chi connectivity index (χ0v) is 16.4. The lowest BCUT2D eigenvalue weighted by molar-refractivity contribution is 0.369. The van der Waals surface area contributed by atoms with Crippen LogP contribution >= 0.6 is 11.3 Å². The molecule has 3 aromatic heterocycles. The first kappa shape index (κ1) is 17.5. The fraction of sp³-hybridized carbons (Fsp3) is 0.0909. The van der Waals surface area contributed by atoms with Crippen LogP contribution in [0.5, 0.6) is 0 Å². The lowest BCUT2D eigenvalue weighted by Gasteiger charge is -2.00. The third kappa shape index (κ3) is 3.25. The summed E-state index contributed by atoms with van der Waals surface area (Å²) in [6, 6.07) is 19.7. The van der Waals surface area contributed by atoms with Gasteiger partial charge < -0.3 is 4.52 Å². The van der Waals surface area contributed by atoms with Crippen molar-refractivity contribution in [2.45, 2.75) is 13.5 Å². The molecule has 29 heavy (non-hydrogen) atoms. The highest BCUT2D eigenvalue weighted by Crippen LogP contribution is 2.30. The van der Waals surface area contributed by atoms with Gasteiger partial charge in [-0.25, -0.2) is 4.98 Å². The summed E-state index contributed by atoms with van der Waals surface area (Å²) in [4.78, 5) is 23.6.